The molecule has 2 aromatic carbocycles. The van der Waals surface area contributed by atoms with E-state index in [0.29, 0.717) is 11.1 Å². The van der Waals surface area contributed by atoms with Gasteiger partial charge in [0.1, 0.15) is 5.75 Å². The van der Waals surface area contributed by atoms with E-state index in [-0.39, 0.29) is 18.2 Å². The second-order valence-electron chi connectivity index (χ2n) is 5.42. The number of para-hydroxylation sites is 1. The van der Waals surface area contributed by atoms with E-state index < -0.39 is 12.7 Å². The molecule has 1 heterocycles. The third-order valence-corrected chi connectivity index (χ3v) is 3.78. The zero-order valence-electron chi connectivity index (χ0n) is 13.1. The van der Waals surface area contributed by atoms with E-state index in [0.717, 1.165) is 10.9 Å². The van der Waals surface area contributed by atoms with Gasteiger partial charge in [-0.05, 0) is 29.8 Å². The molecule has 3 aromatic rings. The first-order valence-electron chi connectivity index (χ1n) is 7.62. The van der Waals surface area contributed by atoms with Gasteiger partial charge in [-0.3, -0.25) is 4.79 Å². The number of fused-ring (bicyclic) bond motifs is 1. The summed E-state index contributed by atoms with van der Waals surface area (Å²) < 4.78 is 28.5. The molecule has 0 bridgehead atoms. The van der Waals surface area contributed by atoms with E-state index in [1.165, 1.54) is 24.3 Å². The fourth-order valence-electron chi connectivity index (χ4n) is 2.55. The van der Waals surface area contributed by atoms with Crippen molar-refractivity contribution in [3.63, 3.8) is 0 Å². The van der Waals surface area contributed by atoms with Crippen LogP contribution in [0.15, 0.2) is 54.7 Å². The first-order valence-corrected chi connectivity index (χ1v) is 7.62. The number of nitrogens with one attached hydrogen (secondary N) is 2. The van der Waals surface area contributed by atoms with Crippen molar-refractivity contribution in [1.29, 1.82) is 0 Å². The van der Waals surface area contributed by atoms with Crippen molar-refractivity contribution in [2.75, 3.05) is 6.54 Å². The third kappa shape index (κ3) is 3.95. The fourth-order valence-corrected chi connectivity index (χ4v) is 2.55. The summed E-state index contributed by atoms with van der Waals surface area (Å²) in [6.45, 7) is -2.91. The van der Waals surface area contributed by atoms with Gasteiger partial charge in [0.15, 0.2) is 0 Å². The molecule has 1 amide bonds. The van der Waals surface area contributed by atoms with Gasteiger partial charge in [0.25, 0.3) is 5.91 Å². The molecule has 0 saturated carbocycles. The molecule has 5 nitrogen and oxygen atoms in total. The molecular formula is C18H16F2N2O3. The predicted molar refractivity (Wildman–Crippen MR) is 88.7 cm³/mol. The molecule has 0 radical (unpaired) electrons. The summed E-state index contributed by atoms with van der Waals surface area (Å²) in [5.41, 5.74) is 1.69. The van der Waals surface area contributed by atoms with Crippen LogP contribution in [0.1, 0.15) is 22.0 Å². The Morgan fingerprint density at radius 2 is 1.92 bits per heavy atom. The standard InChI is InChI=1S/C18H16F2N2O3/c19-18(20)25-13-6-4-11(5-7-13)15(23)10-22-17(24)14-3-1-2-12-8-9-21-16(12)14/h1-9,15,18,21,23H,10H2,(H,22,24). The second kappa shape index (κ2) is 7.31. The average molecular weight is 346 g/mol. The number of amides is 1. The zero-order chi connectivity index (χ0) is 17.8. The first kappa shape index (κ1) is 16.9. The lowest BCUT2D eigenvalue weighted by atomic mass is 10.1. The molecule has 130 valence electrons. The molecule has 1 unspecified atom stereocenters. The molecule has 1 aromatic heterocycles. The molecule has 0 aliphatic carbocycles. The molecular weight excluding hydrogens is 330 g/mol. The van der Waals surface area contributed by atoms with Crippen LogP contribution < -0.4 is 10.1 Å². The van der Waals surface area contributed by atoms with Gasteiger partial charge >= 0.3 is 6.61 Å². The van der Waals surface area contributed by atoms with Crippen molar-refractivity contribution in [2.24, 2.45) is 0 Å². The summed E-state index contributed by atoms with van der Waals surface area (Å²) >= 11 is 0. The van der Waals surface area contributed by atoms with Gasteiger partial charge in [-0.15, -0.1) is 0 Å². The smallest absolute Gasteiger partial charge is 0.387 e. The van der Waals surface area contributed by atoms with E-state index in [9.17, 15) is 18.7 Å². The van der Waals surface area contributed by atoms with Crippen LogP contribution in [0.3, 0.4) is 0 Å². The molecule has 3 N–H and O–H groups in total. The van der Waals surface area contributed by atoms with Crippen molar-refractivity contribution in [3.05, 3.63) is 65.9 Å². The van der Waals surface area contributed by atoms with Crippen LogP contribution in [0.4, 0.5) is 8.78 Å². The van der Waals surface area contributed by atoms with Crippen LogP contribution in [0.5, 0.6) is 5.75 Å². The molecule has 0 spiro atoms. The molecule has 1 atom stereocenters. The third-order valence-electron chi connectivity index (χ3n) is 3.78. The number of halogens is 2. The number of aliphatic hydroxyl groups excluding tert-OH is 1. The van der Waals surface area contributed by atoms with E-state index >= 15 is 0 Å². The van der Waals surface area contributed by atoms with Gasteiger partial charge in [-0.2, -0.15) is 8.78 Å². The molecule has 7 heteroatoms. The number of carbonyl (C=O) groups is 1. The van der Waals surface area contributed by atoms with E-state index in [1.807, 2.05) is 12.1 Å². The SMILES string of the molecule is O=C(NCC(O)c1ccc(OC(F)F)cc1)c1cccc2cc[nH]c12. The molecule has 0 saturated heterocycles. The number of benzene rings is 2. The Bertz CT molecular complexity index is 862. The number of aliphatic hydroxyl groups is 1. The first-order chi connectivity index (χ1) is 12.0. The largest absolute Gasteiger partial charge is 0.435 e. The minimum atomic E-state index is -2.90. The number of ether oxygens (including phenoxy) is 1. The Hall–Kier alpha value is -2.93. The number of hydrogen-bond donors (Lipinski definition) is 3. The fraction of sp³-hybridized carbons (Fsp3) is 0.167. The van der Waals surface area contributed by atoms with Crippen molar-refractivity contribution >= 4 is 16.8 Å². The van der Waals surface area contributed by atoms with E-state index in [4.69, 9.17) is 0 Å². The molecule has 0 aliphatic rings. The minimum Gasteiger partial charge on any atom is -0.435 e. The number of aromatic amines is 1. The number of alkyl halides is 2. The lowest BCUT2D eigenvalue weighted by Gasteiger charge is -2.13. The summed E-state index contributed by atoms with van der Waals surface area (Å²) in [6, 6.07) is 12.9. The minimum absolute atomic E-state index is 0.00779. The second-order valence-corrected chi connectivity index (χ2v) is 5.42. The molecule has 3 rings (SSSR count). The highest BCUT2D eigenvalue weighted by Crippen LogP contribution is 2.20. The van der Waals surface area contributed by atoms with Crippen molar-refractivity contribution in [3.8, 4) is 5.75 Å². The highest BCUT2D eigenvalue weighted by molar-refractivity contribution is 6.05. The predicted octanol–water partition coefficient (Wildman–Crippen LogP) is 3.23. The normalized spacial score (nSPS) is 12.3. The van der Waals surface area contributed by atoms with Gasteiger partial charge < -0.3 is 20.1 Å². The highest BCUT2D eigenvalue weighted by Gasteiger charge is 2.14. The average Bonchev–Trinajstić information content (AvgIpc) is 3.08. The highest BCUT2D eigenvalue weighted by atomic mass is 19.3. The monoisotopic (exact) mass is 346 g/mol. The summed E-state index contributed by atoms with van der Waals surface area (Å²) in [4.78, 5) is 15.3. The van der Waals surface area contributed by atoms with Gasteiger partial charge in [0.05, 0.1) is 17.2 Å². The van der Waals surface area contributed by atoms with Crippen molar-refractivity contribution in [1.82, 2.24) is 10.3 Å². The topological polar surface area (TPSA) is 74.3 Å². The number of rotatable bonds is 6. The zero-order valence-corrected chi connectivity index (χ0v) is 13.1. The summed E-state index contributed by atoms with van der Waals surface area (Å²) in [6.07, 6.45) is 0.784. The Kier molecular flexibility index (Phi) is 4.95. The lowest BCUT2D eigenvalue weighted by molar-refractivity contribution is -0.0498. The Labute approximate surface area is 142 Å². The number of aromatic nitrogens is 1. The summed E-state index contributed by atoms with van der Waals surface area (Å²) in [5.74, 6) is -0.307. The summed E-state index contributed by atoms with van der Waals surface area (Å²) in [5, 5.41) is 13.7. The maximum absolute atomic E-state index is 12.3. The van der Waals surface area contributed by atoms with Gasteiger partial charge in [-0.25, -0.2) is 0 Å². The molecule has 25 heavy (non-hydrogen) atoms. The van der Waals surface area contributed by atoms with E-state index in [2.05, 4.69) is 15.0 Å². The quantitative estimate of drug-likeness (QED) is 0.641. The van der Waals surface area contributed by atoms with Crippen LogP contribution in [-0.2, 0) is 0 Å². The maximum atomic E-state index is 12.3. The maximum Gasteiger partial charge on any atom is 0.387 e. The van der Waals surface area contributed by atoms with Crippen molar-refractivity contribution < 1.29 is 23.4 Å². The number of hydrogen-bond acceptors (Lipinski definition) is 3. The molecule has 0 aliphatic heterocycles. The number of H-pyrrole nitrogens is 1. The Balaban J connectivity index is 1.62. The van der Waals surface area contributed by atoms with Crippen LogP contribution in [0.25, 0.3) is 10.9 Å². The molecule has 0 fully saturated rings. The van der Waals surface area contributed by atoms with Crippen LogP contribution in [0.2, 0.25) is 0 Å². The Morgan fingerprint density at radius 1 is 1.16 bits per heavy atom. The number of carbonyl (C=O) groups excluding carboxylic acids is 1. The van der Waals surface area contributed by atoms with Crippen LogP contribution >= 0.6 is 0 Å². The van der Waals surface area contributed by atoms with Gasteiger partial charge in [0, 0.05) is 18.1 Å². The summed E-state index contributed by atoms with van der Waals surface area (Å²) in [7, 11) is 0. The van der Waals surface area contributed by atoms with Gasteiger partial charge in [-0.1, -0.05) is 24.3 Å². The van der Waals surface area contributed by atoms with Crippen LogP contribution in [-0.4, -0.2) is 29.2 Å². The Morgan fingerprint density at radius 3 is 2.64 bits per heavy atom. The van der Waals surface area contributed by atoms with E-state index in [1.54, 1.807) is 18.3 Å². The lowest BCUT2D eigenvalue weighted by Crippen LogP contribution is -2.28. The van der Waals surface area contributed by atoms with Crippen LogP contribution in [0, 0.1) is 0 Å². The van der Waals surface area contributed by atoms with Crippen molar-refractivity contribution in [2.45, 2.75) is 12.7 Å². The van der Waals surface area contributed by atoms with Gasteiger partial charge in [0.2, 0.25) is 0 Å².